The molecule has 0 aromatic carbocycles. The number of allylic oxidation sites excluding steroid dienone is 7. The lowest BCUT2D eigenvalue weighted by molar-refractivity contribution is -0.132. The first-order valence-electron chi connectivity index (χ1n) is 6.20. The van der Waals surface area contributed by atoms with Crippen LogP contribution in [0.5, 0.6) is 0 Å². The minimum Gasteiger partial charge on any atom is -0.477 e. The van der Waals surface area contributed by atoms with E-state index >= 15 is 0 Å². The minimum absolute atomic E-state index is 0.216. The molecule has 1 N–H and O–H groups in total. The lowest BCUT2D eigenvalue weighted by atomic mass is 10.1. The Morgan fingerprint density at radius 3 is 2.37 bits per heavy atom. The summed E-state index contributed by atoms with van der Waals surface area (Å²) in [5.74, 6) is -1.19. The minimum atomic E-state index is -1.19. The lowest BCUT2D eigenvalue weighted by Gasteiger charge is -1.97. The first-order valence-corrected chi connectivity index (χ1v) is 6.20. The summed E-state index contributed by atoms with van der Waals surface area (Å²) in [6.07, 6.45) is 9.54. The van der Waals surface area contributed by atoms with Gasteiger partial charge in [-0.3, -0.25) is 0 Å². The standard InChI is InChI=1S/C16H21NO2/c1-12(2)7-5-8-13(3)9-6-10-14(4)15(11-17)16(18)19/h6-7,9-10H,5,8H2,1-4H3,(H,18,19)/b10-6+,13-9+,15-14-. The van der Waals surface area contributed by atoms with Crippen LogP contribution in [-0.2, 0) is 4.79 Å². The Morgan fingerprint density at radius 1 is 1.26 bits per heavy atom. The SMILES string of the molecule is CC(C)=CCC/C(C)=C/C=C/C(C)=C(/C#N)C(=O)O. The molecule has 0 atom stereocenters. The van der Waals surface area contributed by atoms with E-state index in [1.807, 2.05) is 13.0 Å². The zero-order valence-electron chi connectivity index (χ0n) is 12.0. The van der Waals surface area contributed by atoms with Crippen LogP contribution < -0.4 is 0 Å². The second-order valence-corrected chi connectivity index (χ2v) is 4.67. The van der Waals surface area contributed by atoms with E-state index in [2.05, 4.69) is 19.9 Å². The van der Waals surface area contributed by atoms with Crippen molar-refractivity contribution in [1.29, 1.82) is 5.26 Å². The molecule has 0 unspecified atom stereocenters. The van der Waals surface area contributed by atoms with E-state index < -0.39 is 5.97 Å². The molecule has 102 valence electrons. The van der Waals surface area contributed by atoms with E-state index in [1.165, 1.54) is 11.1 Å². The molecule has 0 aliphatic carbocycles. The molecule has 3 heteroatoms. The van der Waals surface area contributed by atoms with Gasteiger partial charge >= 0.3 is 5.97 Å². The summed E-state index contributed by atoms with van der Waals surface area (Å²) >= 11 is 0. The number of hydrogen-bond donors (Lipinski definition) is 1. The Labute approximate surface area is 115 Å². The quantitative estimate of drug-likeness (QED) is 0.337. The van der Waals surface area contributed by atoms with Crippen LogP contribution in [0.4, 0.5) is 0 Å². The fourth-order valence-corrected chi connectivity index (χ4v) is 1.42. The van der Waals surface area contributed by atoms with Gasteiger partial charge in [0.1, 0.15) is 11.6 Å². The Bertz CT molecular complexity index is 481. The molecule has 0 bridgehead atoms. The fraction of sp³-hybridized carbons (Fsp3) is 0.375. The van der Waals surface area contributed by atoms with Crippen molar-refractivity contribution in [2.45, 2.75) is 40.5 Å². The van der Waals surface area contributed by atoms with E-state index in [9.17, 15) is 4.79 Å². The molecule has 0 aromatic rings. The molecule has 0 spiro atoms. The number of carboxylic acids is 1. The molecule has 3 nitrogen and oxygen atoms in total. The highest BCUT2D eigenvalue weighted by Gasteiger charge is 2.07. The molecule has 0 fully saturated rings. The topological polar surface area (TPSA) is 61.1 Å². The summed E-state index contributed by atoms with van der Waals surface area (Å²) in [7, 11) is 0. The smallest absolute Gasteiger partial charge is 0.346 e. The van der Waals surface area contributed by atoms with Gasteiger partial charge in [0.2, 0.25) is 0 Å². The van der Waals surface area contributed by atoms with Crippen LogP contribution in [0.3, 0.4) is 0 Å². The molecule has 0 aliphatic rings. The Morgan fingerprint density at radius 2 is 1.89 bits per heavy atom. The van der Waals surface area contributed by atoms with Gasteiger partial charge in [0.25, 0.3) is 0 Å². The predicted octanol–water partition coefficient (Wildman–Crippen LogP) is 4.16. The van der Waals surface area contributed by atoms with Crippen LogP contribution in [-0.4, -0.2) is 11.1 Å². The maximum atomic E-state index is 10.7. The number of hydrogen-bond acceptors (Lipinski definition) is 2. The van der Waals surface area contributed by atoms with Gasteiger partial charge in [0.05, 0.1) is 0 Å². The van der Waals surface area contributed by atoms with Crippen LogP contribution >= 0.6 is 0 Å². The maximum absolute atomic E-state index is 10.7. The maximum Gasteiger partial charge on any atom is 0.346 e. The van der Waals surface area contributed by atoms with Gasteiger partial charge in [-0.15, -0.1) is 0 Å². The average Bonchev–Trinajstić information content (AvgIpc) is 2.28. The third-order valence-electron chi connectivity index (χ3n) is 2.54. The molecule has 19 heavy (non-hydrogen) atoms. The van der Waals surface area contributed by atoms with Crippen molar-refractivity contribution in [3.05, 3.63) is 46.6 Å². The molecular weight excluding hydrogens is 238 g/mol. The highest BCUT2D eigenvalue weighted by atomic mass is 16.4. The molecule has 0 radical (unpaired) electrons. The fourth-order valence-electron chi connectivity index (χ4n) is 1.42. The third kappa shape index (κ3) is 7.77. The zero-order valence-corrected chi connectivity index (χ0v) is 12.0. The van der Waals surface area contributed by atoms with Crippen molar-refractivity contribution in [2.24, 2.45) is 0 Å². The molecule has 0 heterocycles. The zero-order chi connectivity index (χ0) is 14.8. The monoisotopic (exact) mass is 259 g/mol. The van der Waals surface area contributed by atoms with Crippen LogP contribution in [0.2, 0.25) is 0 Å². The third-order valence-corrected chi connectivity index (χ3v) is 2.54. The van der Waals surface area contributed by atoms with Gasteiger partial charge in [0.15, 0.2) is 0 Å². The van der Waals surface area contributed by atoms with Gasteiger partial charge in [-0.05, 0) is 46.1 Å². The summed E-state index contributed by atoms with van der Waals surface area (Å²) in [6.45, 7) is 7.80. The van der Waals surface area contributed by atoms with Crippen molar-refractivity contribution in [1.82, 2.24) is 0 Å². The molecule has 0 amide bonds. The Kier molecular flexibility index (Phi) is 7.95. The van der Waals surface area contributed by atoms with Crippen molar-refractivity contribution >= 4 is 5.97 Å². The molecule has 0 saturated carbocycles. The Balaban J connectivity index is 4.62. The summed E-state index contributed by atoms with van der Waals surface area (Å²) in [6, 6.07) is 1.69. The molecule has 0 aromatic heterocycles. The number of carbonyl (C=O) groups is 1. The van der Waals surface area contributed by atoms with Crippen molar-refractivity contribution in [2.75, 3.05) is 0 Å². The van der Waals surface area contributed by atoms with E-state index in [0.717, 1.165) is 12.8 Å². The van der Waals surface area contributed by atoms with E-state index in [1.54, 1.807) is 25.1 Å². The number of aliphatic carboxylic acids is 1. The first kappa shape index (κ1) is 16.9. The number of carboxylic acid groups (broad SMARTS) is 1. The van der Waals surface area contributed by atoms with Crippen molar-refractivity contribution < 1.29 is 9.90 Å². The van der Waals surface area contributed by atoms with E-state index in [0.29, 0.717) is 5.57 Å². The van der Waals surface area contributed by atoms with Gasteiger partial charge in [-0.25, -0.2) is 4.79 Å². The van der Waals surface area contributed by atoms with Crippen LogP contribution in [0, 0.1) is 11.3 Å². The lowest BCUT2D eigenvalue weighted by Crippen LogP contribution is -1.99. The van der Waals surface area contributed by atoms with Crippen molar-refractivity contribution in [3.8, 4) is 6.07 Å². The number of nitriles is 1. The van der Waals surface area contributed by atoms with Crippen molar-refractivity contribution in [3.63, 3.8) is 0 Å². The molecule has 0 aliphatic heterocycles. The number of rotatable bonds is 6. The summed E-state index contributed by atoms with van der Waals surface area (Å²) in [5, 5.41) is 17.5. The van der Waals surface area contributed by atoms with E-state index in [-0.39, 0.29) is 5.57 Å². The van der Waals surface area contributed by atoms with Gasteiger partial charge in [-0.2, -0.15) is 5.26 Å². The second kappa shape index (κ2) is 8.93. The largest absolute Gasteiger partial charge is 0.477 e. The first-order chi connectivity index (χ1) is 8.88. The van der Waals surface area contributed by atoms with Crippen LogP contribution in [0.25, 0.3) is 0 Å². The highest BCUT2D eigenvalue weighted by molar-refractivity contribution is 5.92. The van der Waals surface area contributed by atoms with Gasteiger partial charge in [-0.1, -0.05) is 35.5 Å². The molecule has 0 saturated heterocycles. The molecule has 0 rings (SSSR count). The van der Waals surface area contributed by atoms with Gasteiger partial charge < -0.3 is 5.11 Å². The van der Waals surface area contributed by atoms with E-state index in [4.69, 9.17) is 10.4 Å². The summed E-state index contributed by atoms with van der Waals surface area (Å²) in [4.78, 5) is 10.7. The normalized spacial score (nSPS) is 12.9. The average molecular weight is 259 g/mol. The second-order valence-electron chi connectivity index (χ2n) is 4.67. The van der Waals surface area contributed by atoms with Crippen LogP contribution in [0.1, 0.15) is 40.5 Å². The summed E-state index contributed by atoms with van der Waals surface area (Å²) in [5.41, 5.74) is 2.77. The molecular formula is C16H21NO2. The number of nitrogens with zero attached hydrogens (tertiary/aromatic N) is 1. The summed E-state index contributed by atoms with van der Waals surface area (Å²) < 4.78 is 0. The Hall–Kier alpha value is -2.08. The van der Waals surface area contributed by atoms with Gasteiger partial charge in [0, 0.05) is 0 Å². The highest BCUT2D eigenvalue weighted by Crippen LogP contribution is 2.09. The predicted molar refractivity (Wildman–Crippen MR) is 77.5 cm³/mol. The van der Waals surface area contributed by atoms with Crippen LogP contribution in [0.15, 0.2) is 46.6 Å².